The Hall–Kier alpha value is -4.26. The summed E-state index contributed by atoms with van der Waals surface area (Å²) in [5.74, 6) is 0.793. The Morgan fingerprint density at radius 2 is 1.71 bits per heavy atom. The number of thioether (sulfide) groups is 1. The van der Waals surface area contributed by atoms with E-state index in [-0.39, 0.29) is 11.8 Å². The Morgan fingerprint density at radius 3 is 2.40 bits per heavy atom. The van der Waals surface area contributed by atoms with E-state index in [1.807, 2.05) is 48.5 Å². The fourth-order valence-electron chi connectivity index (χ4n) is 5.09. The molecule has 0 radical (unpaired) electrons. The molecule has 3 aromatic carbocycles. The molecule has 1 aliphatic carbocycles. The number of nitrogens with one attached hydrogen (secondary N) is 2. The van der Waals surface area contributed by atoms with E-state index in [2.05, 4.69) is 23.6 Å². The van der Waals surface area contributed by atoms with Crippen LogP contribution in [-0.4, -0.2) is 26.0 Å². The van der Waals surface area contributed by atoms with Gasteiger partial charge in [0.25, 0.3) is 5.91 Å². The lowest BCUT2D eigenvalue weighted by molar-refractivity contribution is -0.115. The third-order valence-corrected chi connectivity index (χ3v) is 9.62. The zero-order valence-corrected chi connectivity index (χ0v) is 25.2. The predicted molar refractivity (Wildman–Crippen MR) is 168 cm³/mol. The second kappa shape index (κ2) is 13.1. The molecule has 2 amide bonds. The van der Waals surface area contributed by atoms with E-state index in [1.54, 1.807) is 24.3 Å². The van der Waals surface area contributed by atoms with Gasteiger partial charge in [0, 0.05) is 15.5 Å². The number of carbonyl (C=O) groups excluding carboxylic acids is 2. The molecule has 9 heteroatoms. The van der Waals surface area contributed by atoms with Crippen LogP contribution in [0.1, 0.15) is 50.5 Å². The summed E-state index contributed by atoms with van der Waals surface area (Å²) >= 11 is 2.90. The minimum Gasteiger partial charge on any atom is -0.496 e. The molecular weight excluding hydrogens is 567 g/mol. The summed E-state index contributed by atoms with van der Waals surface area (Å²) in [6.07, 6.45) is 2.84. The van der Waals surface area contributed by atoms with Crippen LogP contribution < -0.4 is 20.1 Å². The first kappa shape index (κ1) is 29.2. The van der Waals surface area contributed by atoms with E-state index < -0.39 is 5.25 Å². The molecule has 4 aromatic rings. The highest BCUT2D eigenvalue weighted by atomic mass is 32.2. The predicted octanol–water partition coefficient (Wildman–Crippen LogP) is 7.49. The van der Waals surface area contributed by atoms with E-state index in [1.165, 1.54) is 42.2 Å². The third-order valence-electron chi connectivity index (χ3n) is 7.20. The normalized spacial score (nSPS) is 14.7. The molecule has 1 heterocycles. The SMILES string of the molecule is COc1cccc(OC)c1C(=O)Nc1cccc(SC(C(=O)Nc2sc3c(c2C#N)CCC(C)C3)c2ccccc2)c1. The molecular formula is C33H31N3O4S2. The minimum absolute atomic E-state index is 0.206. The number of anilines is 2. The summed E-state index contributed by atoms with van der Waals surface area (Å²) in [4.78, 5) is 29.0. The van der Waals surface area contributed by atoms with Crippen molar-refractivity contribution in [3.05, 3.63) is 99.9 Å². The molecule has 1 aromatic heterocycles. The van der Waals surface area contributed by atoms with E-state index in [0.29, 0.717) is 39.2 Å². The number of nitrogens with zero attached hydrogens (tertiary/aromatic N) is 1. The Kier molecular flexibility index (Phi) is 9.15. The van der Waals surface area contributed by atoms with Gasteiger partial charge in [0.2, 0.25) is 5.91 Å². The van der Waals surface area contributed by atoms with E-state index >= 15 is 0 Å². The molecule has 2 unspecified atom stereocenters. The van der Waals surface area contributed by atoms with Gasteiger partial charge in [-0.2, -0.15) is 5.26 Å². The van der Waals surface area contributed by atoms with Crippen molar-refractivity contribution in [2.75, 3.05) is 24.9 Å². The standard InChI is InChI=1S/C33H31N3O4S2/c1-20-15-16-24-25(19-34)33(42-28(24)17-20)36-32(38)30(21-9-5-4-6-10-21)41-23-12-7-11-22(18-23)35-31(37)29-26(39-2)13-8-14-27(29)40-3/h4-14,18,20,30H,15-17H2,1-3H3,(H,35,37)(H,36,38). The van der Waals surface area contributed by atoms with Crippen LogP contribution in [0.15, 0.2) is 77.7 Å². The Morgan fingerprint density at radius 1 is 1.00 bits per heavy atom. The van der Waals surface area contributed by atoms with Crippen molar-refractivity contribution in [2.45, 2.75) is 36.3 Å². The van der Waals surface area contributed by atoms with Crippen molar-refractivity contribution in [1.82, 2.24) is 0 Å². The summed E-state index contributed by atoms with van der Waals surface area (Å²) in [7, 11) is 3.01. The van der Waals surface area contributed by atoms with Gasteiger partial charge in [-0.15, -0.1) is 23.1 Å². The Balaban J connectivity index is 1.39. The van der Waals surface area contributed by atoms with Crippen molar-refractivity contribution < 1.29 is 19.1 Å². The van der Waals surface area contributed by atoms with Gasteiger partial charge in [0.05, 0.1) is 19.8 Å². The fraction of sp³-hybridized carbons (Fsp3) is 0.242. The van der Waals surface area contributed by atoms with Crippen molar-refractivity contribution in [3.63, 3.8) is 0 Å². The van der Waals surface area contributed by atoms with E-state index in [4.69, 9.17) is 9.47 Å². The molecule has 42 heavy (non-hydrogen) atoms. The number of ether oxygens (including phenoxy) is 2. The molecule has 0 aliphatic heterocycles. The maximum absolute atomic E-state index is 13.8. The first-order chi connectivity index (χ1) is 20.4. The number of hydrogen-bond donors (Lipinski definition) is 2. The Labute approximate surface area is 253 Å². The topological polar surface area (TPSA) is 100 Å². The molecule has 0 saturated carbocycles. The average molecular weight is 598 g/mol. The van der Waals surface area contributed by atoms with Crippen molar-refractivity contribution in [1.29, 1.82) is 5.26 Å². The summed E-state index contributed by atoms with van der Waals surface area (Å²) in [6, 6.07) is 24.4. The lowest BCUT2D eigenvalue weighted by atomic mass is 9.88. The van der Waals surface area contributed by atoms with Crippen molar-refractivity contribution in [2.24, 2.45) is 5.92 Å². The molecule has 214 valence electrons. The number of benzene rings is 3. The molecule has 0 bridgehead atoms. The van der Waals surface area contributed by atoms with Gasteiger partial charge in [-0.05, 0) is 66.6 Å². The quantitative estimate of drug-likeness (QED) is 0.194. The third kappa shape index (κ3) is 6.30. The molecule has 0 fully saturated rings. The molecule has 0 spiro atoms. The number of hydrogen-bond acceptors (Lipinski definition) is 7. The van der Waals surface area contributed by atoms with Crippen LogP contribution in [0, 0.1) is 17.2 Å². The summed E-state index contributed by atoms with van der Waals surface area (Å²) < 4.78 is 10.8. The first-order valence-corrected chi connectivity index (χ1v) is 15.3. The van der Waals surface area contributed by atoms with Crippen LogP contribution >= 0.6 is 23.1 Å². The largest absolute Gasteiger partial charge is 0.496 e. The molecule has 5 rings (SSSR count). The molecule has 0 saturated heterocycles. The molecule has 1 aliphatic rings. The zero-order valence-electron chi connectivity index (χ0n) is 23.6. The van der Waals surface area contributed by atoms with E-state index in [9.17, 15) is 14.9 Å². The summed E-state index contributed by atoms with van der Waals surface area (Å²) in [5, 5.41) is 16.0. The second-order valence-corrected chi connectivity index (χ2v) is 12.4. The van der Waals surface area contributed by atoms with Gasteiger partial charge in [-0.3, -0.25) is 9.59 Å². The van der Waals surface area contributed by atoms with Gasteiger partial charge >= 0.3 is 0 Å². The zero-order chi connectivity index (χ0) is 29.6. The number of thiophene rings is 1. The first-order valence-electron chi connectivity index (χ1n) is 13.6. The van der Waals surface area contributed by atoms with Crippen LogP contribution in [0.5, 0.6) is 11.5 Å². The van der Waals surface area contributed by atoms with Crippen LogP contribution in [-0.2, 0) is 17.6 Å². The smallest absolute Gasteiger partial charge is 0.263 e. The van der Waals surface area contributed by atoms with Crippen LogP contribution in [0.3, 0.4) is 0 Å². The van der Waals surface area contributed by atoms with Gasteiger partial charge < -0.3 is 20.1 Å². The number of fused-ring (bicyclic) bond motifs is 1. The molecule has 2 atom stereocenters. The van der Waals surface area contributed by atoms with Crippen LogP contribution in [0.25, 0.3) is 0 Å². The number of nitriles is 1. The lowest BCUT2D eigenvalue weighted by Crippen LogP contribution is -2.19. The number of methoxy groups -OCH3 is 2. The molecule has 7 nitrogen and oxygen atoms in total. The van der Waals surface area contributed by atoms with Gasteiger partial charge in [0.1, 0.15) is 33.4 Å². The Bertz CT molecular complexity index is 1620. The van der Waals surface area contributed by atoms with Gasteiger partial charge in [-0.1, -0.05) is 49.4 Å². The lowest BCUT2D eigenvalue weighted by Gasteiger charge is -2.18. The number of carbonyl (C=O) groups is 2. The minimum atomic E-state index is -0.587. The second-order valence-electron chi connectivity index (χ2n) is 10.1. The maximum Gasteiger partial charge on any atom is 0.263 e. The summed E-state index contributed by atoms with van der Waals surface area (Å²) in [5.41, 5.74) is 3.36. The highest BCUT2D eigenvalue weighted by Gasteiger charge is 2.28. The molecule has 2 N–H and O–H groups in total. The van der Waals surface area contributed by atoms with Crippen molar-refractivity contribution in [3.8, 4) is 17.6 Å². The highest BCUT2D eigenvalue weighted by molar-refractivity contribution is 8.00. The monoisotopic (exact) mass is 597 g/mol. The fourth-order valence-corrected chi connectivity index (χ4v) is 7.53. The van der Waals surface area contributed by atoms with Crippen LogP contribution in [0.4, 0.5) is 10.7 Å². The van der Waals surface area contributed by atoms with Gasteiger partial charge in [0.15, 0.2) is 0 Å². The van der Waals surface area contributed by atoms with Crippen LogP contribution in [0.2, 0.25) is 0 Å². The highest BCUT2D eigenvalue weighted by Crippen LogP contribution is 2.42. The maximum atomic E-state index is 13.8. The number of rotatable bonds is 9. The van der Waals surface area contributed by atoms with Crippen molar-refractivity contribution >= 4 is 45.6 Å². The average Bonchev–Trinajstić information content (AvgIpc) is 3.35. The van der Waals surface area contributed by atoms with Gasteiger partial charge in [-0.25, -0.2) is 0 Å². The summed E-state index contributed by atoms with van der Waals surface area (Å²) in [6.45, 7) is 2.22. The number of amides is 2. The van der Waals surface area contributed by atoms with E-state index in [0.717, 1.165) is 35.3 Å².